The number of phosphoric acid groups is 1. The van der Waals surface area contributed by atoms with Crippen LogP contribution in [0, 0.1) is 0 Å². The van der Waals surface area contributed by atoms with E-state index in [-0.39, 0.29) is 0 Å². The van der Waals surface area contributed by atoms with Crippen LogP contribution in [-0.4, -0.2) is 24.2 Å². The van der Waals surface area contributed by atoms with Crippen molar-refractivity contribution in [2.45, 2.75) is 0 Å². The summed E-state index contributed by atoms with van der Waals surface area (Å²) in [6.45, 7) is 0. The Morgan fingerprint density at radius 2 is 1.52 bits per heavy atom. The number of rotatable bonds is 6. The maximum absolute atomic E-state index is 12.1. The Kier molecular flexibility index (Phi) is 5.08. The first-order valence-electron chi connectivity index (χ1n) is 7.94. The molecule has 0 unspecified atom stereocenters. The monoisotopic (exact) mass is 418 g/mol. The minimum atomic E-state index is -3.58. The van der Waals surface area contributed by atoms with Crippen LogP contribution in [0.5, 0.6) is 5.75 Å². The number of aromatic nitrogens is 2. The summed E-state index contributed by atoms with van der Waals surface area (Å²) in [7, 11) is -1.02. The average Bonchev–Trinajstić information content (AvgIpc) is 3.29. The summed E-state index contributed by atoms with van der Waals surface area (Å²) in [6, 6.07) is 13.3. The first-order valence-corrected chi connectivity index (χ1v) is 11.0. The molecule has 4 rings (SSSR count). The highest BCUT2D eigenvalue weighted by atomic mass is 32.1. The molecule has 138 valence electrons. The lowest BCUT2D eigenvalue weighted by Crippen LogP contribution is -1.96. The first kappa shape index (κ1) is 18.3. The van der Waals surface area contributed by atoms with Gasteiger partial charge in [-0.05, 0) is 36.4 Å². The lowest BCUT2D eigenvalue weighted by atomic mass is 10.3. The molecule has 0 radical (unpaired) electrons. The van der Waals surface area contributed by atoms with E-state index in [1.807, 2.05) is 36.4 Å². The minimum absolute atomic E-state index is 0.403. The molecule has 0 amide bonds. The Morgan fingerprint density at radius 1 is 0.889 bits per heavy atom. The van der Waals surface area contributed by atoms with Gasteiger partial charge in [0.25, 0.3) is 0 Å². The van der Waals surface area contributed by atoms with Gasteiger partial charge in [-0.15, -0.1) is 22.7 Å². The van der Waals surface area contributed by atoms with Crippen molar-refractivity contribution in [1.29, 1.82) is 0 Å². The number of phosphoric ester groups is 1. The number of fused-ring (bicyclic) bond motifs is 2. The van der Waals surface area contributed by atoms with Crippen LogP contribution in [0.1, 0.15) is 10.0 Å². The first-order chi connectivity index (χ1) is 13.1. The van der Waals surface area contributed by atoms with Crippen LogP contribution in [0.3, 0.4) is 0 Å². The molecule has 27 heavy (non-hydrogen) atoms. The van der Waals surface area contributed by atoms with E-state index < -0.39 is 7.82 Å². The number of hydrogen-bond donors (Lipinski definition) is 0. The van der Waals surface area contributed by atoms with E-state index in [1.165, 1.54) is 25.6 Å². The largest absolute Gasteiger partial charge is 0.529 e. The van der Waals surface area contributed by atoms with Crippen molar-refractivity contribution < 1.29 is 18.1 Å². The molecule has 0 saturated heterocycles. The van der Waals surface area contributed by atoms with Crippen molar-refractivity contribution in [3.63, 3.8) is 0 Å². The second kappa shape index (κ2) is 7.50. The van der Waals surface area contributed by atoms with Crippen LogP contribution in [-0.2, 0) is 13.6 Å². The van der Waals surface area contributed by atoms with Gasteiger partial charge in [0, 0.05) is 20.3 Å². The van der Waals surface area contributed by atoms with Gasteiger partial charge in [-0.25, -0.2) is 14.5 Å². The van der Waals surface area contributed by atoms with Crippen molar-refractivity contribution in [2.75, 3.05) is 14.2 Å². The fourth-order valence-electron chi connectivity index (χ4n) is 2.43. The lowest BCUT2D eigenvalue weighted by Gasteiger charge is -2.13. The Hall–Kier alpha value is -2.09. The molecule has 0 bridgehead atoms. The van der Waals surface area contributed by atoms with Crippen LogP contribution in [0.4, 0.5) is 0 Å². The van der Waals surface area contributed by atoms with E-state index in [9.17, 15) is 4.57 Å². The maximum atomic E-state index is 12.1. The number of hydrogen-bond acceptors (Lipinski definition) is 8. The van der Waals surface area contributed by atoms with Gasteiger partial charge in [-0.2, -0.15) is 0 Å². The average molecular weight is 418 g/mol. The maximum Gasteiger partial charge on any atom is 0.529 e. The Balaban J connectivity index is 1.58. The summed E-state index contributed by atoms with van der Waals surface area (Å²) in [6.07, 6.45) is 3.90. The second-order valence-electron chi connectivity index (χ2n) is 5.44. The van der Waals surface area contributed by atoms with Crippen molar-refractivity contribution in [3.8, 4) is 5.75 Å². The van der Waals surface area contributed by atoms with E-state index in [0.717, 1.165) is 30.4 Å². The zero-order chi connectivity index (χ0) is 18.9. The third-order valence-corrected chi connectivity index (χ3v) is 7.03. The fourth-order valence-corrected chi connectivity index (χ4v) is 4.87. The number of para-hydroxylation sites is 1. The fraction of sp³-hybridized carbons (Fsp3) is 0.111. The number of benzene rings is 2. The summed E-state index contributed by atoms with van der Waals surface area (Å²) < 4.78 is 29.1. The molecule has 6 nitrogen and oxygen atoms in total. The summed E-state index contributed by atoms with van der Waals surface area (Å²) >= 11 is 3.14. The molecule has 0 saturated carbocycles. The van der Waals surface area contributed by atoms with Gasteiger partial charge in [0.1, 0.15) is 15.8 Å². The van der Waals surface area contributed by atoms with E-state index in [0.29, 0.717) is 5.75 Å². The Morgan fingerprint density at radius 3 is 2.19 bits per heavy atom. The molecule has 0 aliphatic rings. The van der Waals surface area contributed by atoms with Gasteiger partial charge in [0.15, 0.2) is 0 Å². The van der Waals surface area contributed by atoms with Gasteiger partial charge in [-0.3, -0.25) is 9.05 Å². The number of nitrogens with zero attached hydrogens (tertiary/aromatic N) is 2. The summed E-state index contributed by atoms with van der Waals surface area (Å²) in [4.78, 5) is 9.17. The molecular formula is C18H15N2O4PS2. The molecule has 0 aliphatic carbocycles. The van der Waals surface area contributed by atoms with Crippen LogP contribution >= 0.6 is 30.5 Å². The molecule has 9 heteroatoms. The standard InChI is InChI=1S/C18H15N2O4PS2/c1-22-25(21,23-2)24-12-7-8-14-16(11-12)27-18(20-14)10-9-17-19-13-5-3-4-6-15(13)26-17/h3-11H,1-2H3. The predicted octanol–water partition coefficient (Wildman–Crippen LogP) is 5.86. The molecule has 0 spiro atoms. The quantitative estimate of drug-likeness (QED) is 0.366. The van der Waals surface area contributed by atoms with Crippen molar-refractivity contribution in [2.24, 2.45) is 0 Å². The molecule has 0 atom stereocenters. The molecule has 0 N–H and O–H groups in total. The third kappa shape index (κ3) is 3.95. The van der Waals surface area contributed by atoms with Crippen LogP contribution in [0.15, 0.2) is 42.5 Å². The molecular weight excluding hydrogens is 403 g/mol. The predicted molar refractivity (Wildman–Crippen MR) is 110 cm³/mol. The molecule has 2 aromatic carbocycles. The van der Waals surface area contributed by atoms with Gasteiger partial charge in [-0.1, -0.05) is 12.1 Å². The lowest BCUT2D eigenvalue weighted by molar-refractivity contribution is 0.211. The van der Waals surface area contributed by atoms with Gasteiger partial charge < -0.3 is 4.52 Å². The summed E-state index contributed by atoms with van der Waals surface area (Å²) in [5.74, 6) is 0.403. The van der Waals surface area contributed by atoms with E-state index in [4.69, 9.17) is 13.6 Å². The van der Waals surface area contributed by atoms with Crippen LogP contribution < -0.4 is 4.52 Å². The van der Waals surface area contributed by atoms with Crippen molar-refractivity contribution in [1.82, 2.24) is 9.97 Å². The molecule has 4 aromatic rings. The van der Waals surface area contributed by atoms with Crippen molar-refractivity contribution >= 4 is 63.1 Å². The molecule has 2 aromatic heterocycles. The number of thiazole rings is 2. The third-order valence-electron chi connectivity index (χ3n) is 3.72. The van der Waals surface area contributed by atoms with Crippen LogP contribution in [0.25, 0.3) is 32.6 Å². The van der Waals surface area contributed by atoms with Gasteiger partial charge in [0.05, 0.1) is 20.4 Å². The van der Waals surface area contributed by atoms with Crippen molar-refractivity contribution in [3.05, 3.63) is 52.5 Å². The van der Waals surface area contributed by atoms with E-state index in [1.54, 1.807) is 23.5 Å². The molecule has 0 fully saturated rings. The molecule has 0 aliphatic heterocycles. The highest BCUT2D eigenvalue weighted by Gasteiger charge is 2.24. The Bertz CT molecular complexity index is 1140. The zero-order valence-corrected chi connectivity index (χ0v) is 17.0. The highest BCUT2D eigenvalue weighted by molar-refractivity contribution is 7.48. The van der Waals surface area contributed by atoms with E-state index >= 15 is 0 Å². The minimum Gasteiger partial charge on any atom is -0.404 e. The van der Waals surface area contributed by atoms with Gasteiger partial charge in [0.2, 0.25) is 0 Å². The molecule has 2 heterocycles. The summed E-state index contributed by atoms with van der Waals surface area (Å²) in [5.41, 5.74) is 1.83. The topological polar surface area (TPSA) is 70.5 Å². The SMILES string of the molecule is COP(=O)(OC)Oc1ccc2nc(C=Cc3nc4ccccc4s3)sc2c1. The van der Waals surface area contributed by atoms with Gasteiger partial charge >= 0.3 is 7.82 Å². The smallest absolute Gasteiger partial charge is 0.404 e. The Labute approximate surface area is 163 Å². The van der Waals surface area contributed by atoms with E-state index in [2.05, 4.69) is 16.0 Å². The van der Waals surface area contributed by atoms with Crippen LogP contribution in [0.2, 0.25) is 0 Å². The second-order valence-corrected chi connectivity index (χ2v) is 9.37. The zero-order valence-electron chi connectivity index (χ0n) is 14.5. The highest BCUT2D eigenvalue weighted by Crippen LogP contribution is 2.48. The summed E-state index contributed by atoms with van der Waals surface area (Å²) in [5, 5.41) is 1.78. The normalized spacial score (nSPS) is 12.4.